The Bertz CT molecular complexity index is 1410. The molecular formula is C23H31FN6O6S2. The largest absolute Gasteiger partial charge is 0.369 e. The number of anilines is 2. The number of guanidine groups is 2. The zero-order valence-corrected chi connectivity index (χ0v) is 22.8. The Kier molecular flexibility index (Phi) is 9.94. The summed E-state index contributed by atoms with van der Waals surface area (Å²) in [5.74, 6) is -0.00872. The van der Waals surface area contributed by atoms with Crippen molar-refractivity contribution in [1.29, 1.82) is 0 Å². The van der Waals surface area contributed by atoms with E-state index in [0.29, 0.717) is 18.5 Å². The Hall–Kier alpha value is -3.56. The van der Waals surface area contributed by atoms with Gasteiger partial charge < -0.3 is 16.8 Å². The van der Waals surface area contributed by atoms with Crippen LogP contribution < -0.4 is 21.7 Å². The smallest absolute Gasteiger partial charge is 0.332 e. The van der Waals surface area contributed by atoms with Crippen LogP contribution in [0.4, 0.5) is 15.3 Å². The molecule has 0 atom stereocenters. The molecule has 12 nitrogen and oxygen atoms in total. The Balaban J connectivity index is 0.000000757. The van der Waals surface area contributed by atoms with Crippen molar-refractivity contribution < 1.29 is 30.1 Å². The van der Waals surface area contributed by atoms with Gasteiger partial charge in [0.1, 0.15) is 5.66 Å². The zero-order valence-electron chi connectivity index (χ0n) is 21.1. The molecule has 1 amide bonds. The van der Waals surface area contributed by atoms with Crippen LogP contribution in [0.5, 0.6) is 0 Å². The average Bonchev–Trinajstić information content (AvgIpc) is 2.78. The maximum atomic E-state index is 12.9. The summed E-state index contributed by atoms with van der Waals surface area (Å²) < 4.78 is 61.5. The second-order valence-electron chi connectivity index (χ2n) is 8.67. The van der Waals surface area contributed by atoms with E-state index in [9.17, 15) is 25.5 Å². The number of hydrogen-bond acceptors (Lipinski definition) is 10. The van der Waals surface area contributed by atoms with Crippen LogP contribution in [-0.2, 0) is 31.6 Å². The van der Waals surface area contributed by atoms with Gasteiger partial charge in [-0.3, -0.25) is 14.2 Å². The number of nitrogens with two attached hydrogens (primary N) is 2. The number of nitrogens with zero attached hydrogens (tertiary/aromatic N) is 3. The highest BCUT2D eigenvalue weighted by molar-refractivity contribution is 7.86. The van der Waals surface area contributed by atoms with E-state index in [0.717, 1.165) is 23.4 Å². The number of aryl methyl sites for hydroxylation is 1. The number of amides is 1. The van der Waals surface area contributed by atoms with Gasteiger partial charge in [0.25, 0.3) is 10.1 Å². The standard InChI is InChI=1S/C21H25FN6O3S.C2H6O3S/c1-21(2)27-19(23)26-20(24)28(21)16-10-6-14(7-11-16)4-3-5-18(29)25-15-8-12-17(13-9-15)32(22,30)31;1-2-6(3,4)5/h6-13H,3-5H2,1-2H3,(H,25,29)(H4,23,24,26,27);2H2,1H3,(H,3,4,5). The van der Waals surface area contributed by atoms with Crippen molar-refractivity contribution in [2.45, 2.75) is 50.6 Å². The van der Waals surface area contributed by atoms with Crippen molar-refractivity contribution >= 4 is 49.5 Å². The summed E-state index contributed by atoms with van der Waals surface area (Å²) in [6, 6.07) is 12.6. The monoisotopic (exact) mass is 570 g/mol. The van der Waals surface area contributed by atoms with Gasteiger partial charge in [-0.05, 0) is 75.6 Å². The Morgan fingerprint density at radius 1 is 1.05 bits per heavy atom. The number of nitrogens with one attached hydrogen (secondary N) is 1. The molecule has 15 heteroatoms. The second kappa shape index (κ2) is 12.3. The molecule has 0 aliphatic carbocycles. The summed E-state index contributed by atoms with van der Waals surface area (Å²) in [7, 11) is -8.42. The van der Waals surface area contributed by atoms with Gasteiger partial charge in [0.2, 0.25) is 17.8 Å². The first-order valence-corrected chi connectivity index (χ1v) is 14.4. The number of carbonyl (C=O) groups is 1. The van der Waals surface area contributed by atoms with Crippen molar-refractivity contribution in [3.8, 4) is 0 Å². The minimum absolute atomic E-state index is 0.141. The molecule has 0 fully saturated rings. The van der Waals surface area contributed by atoms with Gasteiger partial charge in [-0.25, -0.2) is 4.99 Å². The first-order chi connectivity index (χ1) is 17.5. The lowest BCUT2D eigenvalue weighted by Crippen LogP contribution is -2.54. The average molecular weight is 571 g/mol. The summed E-state index contributed by atoms with van der Waals surface area (Å²) in [5, 5.41) is 2.66. The lowest BCUT2D eigenvalue weighted by molar-refractivity contribution is -0.116. The summed E-state index contributed by atoms with van der Waals surface area (Å²) in [6.07, 6.45) is 1.57. The topological polar surface area (TPSA) is 198 Å². The van der Waals surface area contributed by atoms with Crippen molar-refractivity contribution in [3.63, 3.8) is 0 Å². The third-order valence-electron chi connectivity index (χ3n) is 5.24. The van der Waals surface area contributed by atoms with Gasteiger partial charge in [-0.1, -0.05) is 12.1 Å². The molecule has 0 saturated carbocycles. The van der Waals surface area contributed by atoms with Gasteiger partial charge in [0.05, 0.1) is 10.6 Å². The van der Waals surface area contributed by atoms with Crippen LogP contribution in [-0.4, -0.2) is 50.6 Å². The van der Waals surface area contributed by atoms with Crippen molar-refractivity contribution in [1.82, 2.24) is 0 Å². The van der Waals surface area contributed by atoms with Crippen LogP contribution in [0.25, 0.3) is 0 Å². The van der Waals surface area contributed by atoms with Gasteiger partial charge >= 0.3 is 10.2 Å². The third kappa shape index (κ3) is 9.39. The van der Waals surface area contributed by atoms with Crippen LogP contribution in [0.15, 0.2) is 63.4 Å². The third-order valence-corrected chi connectivity index (χ3v) is 6.81. The van der Waals surface area contributed by atoms with Crippen LogP contribution in [0.2, 0.25) is 0 Å². The SMILES string of the molecule is CC1(C)N=C(N)N=C(N)N1c1ccc(CCCC(=O)Nc2ccc(S(=O)(=O)F)cc2)cc1.CCS(=O)(=O)O. The maximum Gasteiger partial charge on any atom is 0.332 e. The number of aliphatic imine (C=N–C) groups is 2. The van der Waals surface area contributed by atoms with E-state index < -0.39 is 30.9 Å². The molecule has 0 unspecified atom stereocenters. The summed E-state index contributed by atoms with van der Waals surface area (Å²) >= 11 is 0. The van der Waals surface area contributed by atoms with Gasteiger partial charge in [0, 0.05) is 17.8 Å². The molecule has 0 bridgehead atoms. The molecule has 0 spiro atoms. The Morgan fingerprint density at radius 2 is 1.61 bits per heavy atom. The molecule has 1 heterocycles. The minimum atomic E-state index is -4.76. The fourth-order valence-electron chi connectivity index (χ4n) is 3.44. The molecule has 208 valence electrons. The van der Waals surface area contributed by atoms with Crippen LogP contribution in [0.3, 0.4) is 0 Å². The zero-order chi connectivity index (χ0) is 28.7. The quantitative estimate of drug-likeness (QED) is 0.272. The fourth-order valence-corrected chi connectivity index (χ4v) is 3.90. The molecule has 2 aromatic carbocycles. The minimum Gasteiger partial charge on any atom is -0.369 e. The normalized spacial score (nSPS) is 15.0. The Labute approximate surface area is 221 Å². The number of hydrogen-bond donors (Lipinski definition) is 4. The van der Waals surface area contributed by atoms with Gasteiger partial charge in [-0.2, -0.15) is 21.8 Å². The number of rotatable bonds is 8. The highest BCUT2D eigenvalue weighted by atomic mass is 32.3. The number of benzene rings is 2. The predicted molar refractivity (Wildman–Crippen MR) is 145 cm³/mol. The van der Waals surface area contributed by atoms with E-state index in [4.69, 9.17) is 16.0 Å². The van der Waals surface area contributed by atoms with E-state index in [1.807, 2.05) is 38.1 Å². The fraction of sp³-hybridized carbons (Fsp3) is 0.348. The van der Waals surface area contributed by atoms with Crippen molar-refractivity contribution in [3.05, 3.63) is 54.1 Å². The molecule has 6 N–H and O–H groups in total. The van der Waals surface area contributed by atoms with E-state index in [-0.39, 0.29) is 30.0 Å². The van der Waals surface area contributed by atoms with Crippen molar-refractivity contribution in [2.75, 3.05) is 16.0 Å². The first-order valence-electron chi connectivity index (χ1n) is 11.4. The van der Waals surface area contributed by atoms with E-state index in [1.54, 1.807) is 4.90 Å². The first kappa shape index (κ1) is 30.7. The molecule has 2 aromatic rings. The van der Waals surface area contributed by atoms with Gasteiger partial charge in [0.15, 0.2) is 0 Å². The molecule has 38 heavy (non-hydrogen) atoms. The molecule has 1 aliphatic heterocycles. The number of halogens is 1. The summed E-state index contributed by atoms with van der Waals surface area (Å²) in [6.45, 7) is 5.14. The highest BCUT2D eigenvalue weighted by Crippen LogP contribution is 2.27. The Morgan fingerprint density at radius 3 is 2.08 bits per heavy atom. The molecule has 0 aromatic heterocycles. The lowest BCUT2D eigenvalue weighted by Gasteiger charge is -2.38. The molecular weight excluding hydrogens is 539 g/mol. The predicted octanol–water partition coefficient (Wildman–Crippen LogP) is 2.39. The number of carbonyl (C=O) groups excluding carboxylic acids is 1. The van der Waals surface area contributed by atoms with Crippen LogP contribution >= 0.6 is 0 Å². The summed E-state index contributed by atoms with van der Waals surface area (Å²) in [4.78, 5) is 21.8. The molecule has 1 aliphatic rings. The van der Waals surface area contributed by atoms with Gasteiger partial charge in [-0.15, -0.1) is 3.89 Å². The lowest BCUT2D eigenvalue weighted by atomic mass is 10.1. The molecule has 0 saturated heterocycles. The second-order valence-corrected chi connectivity index (χ2v) is 11.8. The van der Waals surface area contributed by atoms with E-state index in [1.165, 1.54) is 19.1 Å². The molecule has 3 rings (SSSR count). The molecule has 0 radical (unpaired) electrons. The van der Waals surface area contributed by atoms with E-state index >= 15 is 0 Å². The van der Waals surface area contributed by atoms with E-state index in [2.05, 4.69) is 15.3 Å². The van der Waals surface area contributed by atoms with Crippen LogP contribution in [0, 0.1) is 0 Å². The summed E-state index contributed by atoms with van der Waals surface area (Å²) in [5.41, 5.74) is 13.4. The van der Waals surface area contributed by atoms with Crippen molar-refractivity contribution in [2.24, 2.45) is 21.5 Å². The van der Waals surface area contributed by atoms with Crippen LogP contribution in [0.1, 0.15) is 39.2 Å². The maximum absolute atomic E-state index is 12.9. The highest BCUT2D eigenvalue weighted by Gasteiger charge is 2.32.